The molecule has 0 radical (unpaired) electrons. The number of rotatable bonds is 4. The number of aliphatic hydroxyl groups excluding tert-OH is 1. The van der Waals surface area contributed by atoms with Crippen molar-refractivity contribution in [2.24, 2.45) is 0 Å². The van der Waals surface area contributed by atoms with Crippen molar-refractivity contribution in [2.45, 2.75) is 13.0 Å². The van der Waals surface area contributed by atoms with E-state index in [4.69, 9.17) is 5.11 Å². The van der Waals surface area contributed by atoms with Gasteiger partial charge < -0.3 is 5.11 Å². The average Bonchev–Trinajstić information content (AvgIpc) is 2.19. The van der Waals surface area contributed by atoms with Crippen molar-refractivity contribution in [3.05, 3.63) is 60.2 Å². The molecule has 0 unspecified atom stereocenters. The highest BCUT2D eigenvalue weighted by atomic mass is 16.3. The quantitative estimate of drug-likeness (QED) is 0.695. The summed E-state index contributed by atoms with van der Waals surface area (Å²) < 4.78 is 0. The SMILES string of the molecule is C=C/C=C\Cc1cccc(CO)c1. The molecule has 0 atom stereocenters. The Balaban J connectivity index is 2.66. The number of aliphatic hydroxyl groups is 1. The summed E-state index contributed by atoms with van der Waals surface area (Å²) in [6, 6.07) is 7.93. The fraction of sp³-hybridized carbons (Fsp3) is 0.167. The maximum Gasteiger partial charge on any atom is 0.0681 e. The average molecular weight is 174 g/mol. The summed E-state index contributed by atoms with van der Waals surface area (Å²) in [6.07, 6.45) is 6.62. The highest BCUT2D eigenvalue weighted by Gasteiger charge is 1.91. The van der Waals surface area contributed by atoms with E-state index in [0.717, 1.165) is 12.0 Å². The summed E-state index contributed by atoms with van der Waals surface area (Å²) >= 11 is 0. The van der Waals surface area contributed by atoms with Crippen molar-refractivity contribution >= 4 is 0 Å². The first-order chi connectivity index (χ1) is 6.36. The Morgan fingerprint density at radius 3 is 2.77 bits per heavy atom. The lowest BCUT2D eigenvalue weighted by Crippen LogP contribution is -1.86. The Labute approximate surface area is 79.0 Å². The third kappa shape index (κ3) is 3.26. The number of hydrogen-bond donors (Lipinski definition) is 1. The molecule has 0 aliphatic heterocycles. The predicted octanol–water partition coefficient (Wildman–Crippen LogP) is 2.46. The molecule has 13 heavy (non-hydrogen) atoms. The van der Waals surface area contributed by atoms with E-state index >= 15 is 0 Å². The van der Waals surface area contributed by atoms with Crippen molar-refractivity contribution in [2.75, 3.05) is 0 Å². The van der Waals surface area contributed by atoms with Crippen LogP contribution in [0.25, 0.3) is 0 Å². The van der Waals surface area contributed by atoms with Crippen LogP contribution in [0.1, 0.15) is 11.1 Å². The van der Waals surface area contributed by atoms with Crippen LogP contribution in [0.4, 0.5) is 0 Å². The fourth-order valence-electron chi connectivity index (χ4n) is 1.16. The molecule has 68 valence electrons. The molecule has 0 fully saturated rings. The Kier molecular flexibility index (Phi) is 4.00. The number of benzene rings is 1. The first kappa shape index (κ1) is 9.75. The van der Waals surface area contributed by atoms with Crippen LogP contribution in [0.15, 0.2) is 49.1 Å². The van der Waals surface area contributed by atoms with Crippen LogP contribution in [0.3, 0.4) is 0 Å². The first-order valence-electron chi connectivity index (χ1n) is 4.33. The highest BCUT2D eigenvalue weighted by Crippen LogP contribution is 2.06. The Morgan fingerprint density at radius 1 is 1.31 bits per heavy atom. The molecule has 1 rings (SSSR count). The van der Waals surface area contributed by atoms with Crippen LogP contribution in [-0.2, 0) is 13.0 Å². The molecule has 0 heterocycles. The number of allylic oxidation sites excluding steroid dienone is 3. The Morgan fingerprint density at radius 2 is 2.08 bits per heavy atom. The Hall–Kier alpha value is -1.34. The van der Waals surface area contributed by atoms with Gasteiger partial charge in [0.15, 0.2) is 0 Å². The van der Waals surface area contributed by atoms with E-state index in [1.807, 2.05) is 36.4 Å². The van der Waals surface area contributed by atoms with Gasteiger partial charge in [-0.05, 0) is 17.5 Å². The van der Waals surface area contributed by atoms with Crippen LogP contribution in [0.2, 0.25) is 0 Å². The molecular weight excluding hydrogens is 160 g/mol. The molecule has 0 spiro atoms. The van der Waals surface area contributed by atoms with E-state index in [2.05, 4.69) is 6.58 Å². The van der Waals surface area contributed by atoms with Gasteiger partial charge in [0.1, 0.15) is 0 Å². The molecule has 1 aromatic rings. The maximum atomic E-state index is 8.90. The molecule has 0 bridgehead atoms. The standard InChI is InChI=1S/C12H14O/c1-2-3-4-6-11-7-5-8-12(9-11)10-13/h2-5,7-9,13H,1,6,10H2/b4-3-. The summed E-state index contributed by atoms with van der Waals surface area (Å²) in [5.41, 5.74) is 2.18. The van der Waals surface area contributed by atoms with Crippen LogP contribution in [0, 0.1) is 0 Å². The highest BCUT2D eigenvalue weighted by molar-refractivity contribution is 5.24. The summed E-state index contributed by atoms with van der Waals surface area (Å²) in [4.78, 5) is 0. The van der Waals surface area contributed by atoms with E-state index in [-0.39, 0.29) is 6.61 Å². The lowest BCUT2D eigenvalue weighted by Gasteiger charge is -1.99. The molecule has 1 aromatic carbocycles. The minimum Gasteiger partial charge on any atom is -0.392 e. The molecule has 0 aromatic heterocycles. The molecule has 0 aliphatic carbocycles. The molecule has 0 aliphatic rings. The monoisotopic (exact) mass is 174 g/mol. The van der Waals surface area contributed by atoms with Gasteiger partial charge in [0, 0.05) is 0 Å². The van der Waals surface area contributed by atoms with Crippen molar-refractivity contribution in [3.8, 4) is 0 Å². The van der Waals surface area contributed by atoms with Gasteiger partial charge in [-0.15, -0.1) is 0 Å². The molecule has 0 amide bonds. The van der Waals surface area contributed by atoms with Gasteiger partial charge in [-0.3, -0.25) is 0 Å². The molecule has 1 nitrogen and oxygen atoms in total. The predicted molar refractivity (Wildman–Crippen MR) is 55.4 cm³/mol. The summed E-state index contributed by atoms with van der Waals surface area (Å²) in [7, 11) is 0. The summed E-state index contributed by atoms with van der Waals surface area (Å²) in [5.74, 6) is 0. The largest absolute Gasteiger partial charge is 0.392 e. The first-order valence-corrected chi connectivity index (χ1v) is 4.33. The second-order valence-electron chi connectivity index (χ2n) is 2.85. The minimum absolute atomic E-state index is 0.110. The molecule has 1 N–H and O–H groups in total. The van der Waals surface area contributed by atoms with Gasteiger partial charge in [-0.1, -0.05) is 49.1 Å². The van der Waals surface area contributed by atoms with Gasteiger partial charge in [0.25, 0.3) is 0 Å². The minimum atomic E-state index is 0.110. The molecular formula is C12H14O. The normalized spacial score (nSPS) is 10.5. The zero-order valence-corrected chi connectivity index (χ0v) is 7.61. The second kappa shape index (κ2) is 5.33. The van der Waals surface area contributed by atoms with E-state index in [9.17, 15) is 0 Å². The van der Waals surface area contributed by atoms with Gasteiger partial charge in [-0.25, -0.2) is 0 Å². The van der Waals surface area contributed by atoms with Crippen molar-refractivity contribution in [1.82, 2.24) is 0 Å². The van der Waals surface area contributed by atoms with Crippen LogP contribution in [-0.4, -0.2) is 5.11 Å². The molecule has 1 heteroatoms. The summed E-state index contributed by atoms with van der Waals surface area (Å²) in [6.45, 7) is 3.71. The molecule has 0 saturated heterocycles. The zero-order valence-electron chi connectivity index (χ0n) is 7.61. The Bertz CT molecular complexity index is 300. The van der Waals surface area contributed by atoms with E-state index in [0.29, 0.717) is 0 Å². The topological polar surface area (TPSA) is 20.2 Å². The smallest absolute Gasteiger partial charge is 0.0681 e. The van der Waals surface area contributed by atoms with Gasteiger partial charge in [0.2, 0.25) is 0 Å². The second-order valence-corrected chi connectivity index (χ2v) is 2.85. The van der Waals surface area contributed by atoms with Gasteiger partial charge >= 0.3 is 0 Å². The zero-order chi connectivity index (χ0) is 9.52. The van der Waals surface area contributed by atoms with Crippen molar-refractivity contribution < 1.29 is 5.11 Å². The third-order valence-corrected chi connectivity index (χ3v) is 1.80. The lowest BCUT2D eigenvalue weighted by atomic mass is 10.1. The molecule has 0 saturated carbocycles. The fourth-order valence-corrected chi connectivity index (χ4v) is 1.16. The van der Waals surface area contributed by atoms with Gasteiger partial charge in [-0.2, -0.15) is 0 Å². The van der Waals surface area contributed by atoms with Gasteiger partial charge in [0.05, 0.1) is 6.61 Å². The van der Waals surface area contributed by atoms with Crippen LogP contribution in [0.5, 0.6) is 0 Å². The van der Waals surface area contributed by atoms with Crippen molar-refractivity contribution in [1.29, 1.82) is 0 Å². The van der Waals surface area contributed by atoms with Crippen LogP contribution >= 0.6 is 0 Å². The van der Waals surface area contributed by atoms with Crippen LogP contribution < -0.4 is 0 Å². The van der Waals surface area contributed by atoms with Crippen molar-refractivity contribution in [3.63, 3.8) is 0 Å². The number of hydrogen-bond acceptors (Lipinski definition) is 1. The lowest BCUT2D eigenvalue weighted by molar-refractivity contribution is 0.282. The summed E-state index contributed by atoms with van der Waals surface area (Å²) in [5, 5.41) is 8.90. The van der Waals surface area contributed by atoms with E-state index in [1.165, 1.54) is 5.56 Å². The maximum absolute atomic E-state index is 8.90. The van der Waals surface area contributed by atoms with E-state index < -0.39 is 0 Å². The van der Waals surface area contributed by atoms with E-state index in [1.54, 1.807) is 6.08 Å². The third-order valence-electron chi connectivity index (χ3n) is 1.80.